The Labute approximate surface area is 146 Å². The Bertz CT molecular complexity index is 471. The van der Waals surface area contributed by atoms with E-state index >= 15 is 0 Å². The Kier molecular flexibility index (Phi) is 11.6. The lowest BCUT2D eigenvalue weighted by atomic mass is 10.3. The SMILES string of the molecule is CC/C(OC)=C(/Cl)CC(N=C(N=C(C)C(Cl)=NC)SC)OC. The van der Waals surface area contributed by atoms with Gasteiger partial charge in [0.1, 0.15) is 10.9 Å². The highest BCUT2D eigenvalue weighted by Gasteiger charge is 2.13. The Morgan fingerprint density at radius 1 is 1.27 bits per heavy atom. The van der Waals surface area contributed by atoms with E-state index in [0.717, 1.165) is 5.76 Å². The van der Waals surface area contributed by atoms with E-state index in [-0.39, 0.29) is 0 Å². The van der Waals surface area contributed by atoms with Gasteiger partial charge in [0, 0.05) is 27.0 Å². The summed E-state index contributed by atoms with van der Waals surface area (Å²) >= 11 is 13.6. The van der Waals surface area contributed by atoms with Crippen molar-refractivity contribution in [3.05, 3.63) is 10.8 Å². The Morgan fingerprint density at radius 2 is 1.91 bits per heavy atom. The number of amidine groups is 1. The van der Waals surface area contributed by atoms with Gasteiger partial charge in [0.15, 0.2) is 11.4 Å². The fourth-order valence-electron chi connectivity index (χ4n) is 1.50. The largest absolute Gasteiger partial charge is 0.500 e. The summed E-state index contributed by atoms with van der Waals surface area (Å²) < 4.78 is 10.6. The van der Waals surface area contributed by atoms with Crippen LogP contribution in [-0.4, -0.2) is 49.8 Å². The predicted molar refractivity (Wildman–Crippen MR) is 98.9 cm³/mol. The van der Waals surface area contributed by atoms with Crippen LogP contribution in [0.2, 0.25) is 0 Å². The number of hydrogen-bond acceptors (Lipinski definition) is 5. The van der Waals surface area contributed by atoms with Crippen LogP contribution < -0.4 is 0 Å². The topological polar surface area (TPSA) is 55.5 Å². The molecule has 0 bridgehead atoms. The molecule has 0 amide bonds. The smallest absolute Gasteiger partial charge is 0.185 e. The van der Waals surface area contributed by atoms with Gasteiger partial charge in [-0.1, -0.05) is 41.9 Å². The van der Waals surface area contributed by atoms with Crippen LogP contribution in [0.15, 0.2) is 25.8 Å². The second kappa shape index (κ2) is 11.9. The molecule has 0 aliphatic rings. The zero-order chi connectivity index (χ0) is 17.1. The van der Waals surface area contributed by atoms with E-state index < -0.39 is 6.23 Å². The molecule has 1 unspecified atom stereocenters. The minimum atomic E-state index is -0.444. The van der Waals surface area contributed by atoms with Crippen LogP contribution in [0.1, 0.15) is 26.7 Å². The fourth-order valence-corrected chi connectivity index (χ4v) is 2.33. The van der Waals surface area contributed by atoms with Gasteiger partial charge in [-0.05, 0) is 13.2 Å². The fraction of sp³-hybridized carbons (Fsp3) is 0.643. The molecule has 0 aliphatic carbocycles. The molecule has 0 radical (unpaired) electrons. The normalized spacial score (nSPS) is 16.5. The highest BCUT2D eigenvalue weighted by Crippen LogP contribution is 2.21. The summed E-state index contributed by atoms with van der Waals surface area (Å²) in [4.78, 5) is 12.7. The number of methoxy groups -OCH3 is 2. The first-order chi connectivity index (χ1) is 10.4. The number of allylic oxidation sites excluding steroid dienone is 1. The Hall–Kier alpha value is -0.560. The van der Waals surface area contributed by atoms with E-state index in [1.807, 2.05) is 13.2 Å². The van der Waals surface area contributed by atoms with Gasteiger partial charge in [-0.3, -0.25) is 4.99 Å². The van der Waals surface area contributed by atoms with Gasteiger partial charge in [-0.15, -0.1) is 0 Å². The Morgan fingerprint density at radius 3 is 2.32 bits per heavy atom. The van der Waals surface area contributed by atoms with Crippen molar-refractivity contribution in [2.45, 2.75) is 32.9 Å². The number of thioether (sulfide) groups is 1. The van der Waals surface area contributed by atoms with Crippen LogP contribution in [-0.2, 0) is 9.47 Å². The molecule has 126 valence electrons. The second-order valence-electron chi connectivity index (χ2n) is 4.11. The summed E-state index contributed by atoms with van der Waals surface area (Å²) in [5.41, 5.74) is 0.597. The van der Waals surface area contributed by atoms with Crippen molar-refractivity contribution < 1.29 is 9.47 Å². The lowest BCUT2D eigenvalue weighted by Crippen LogP contribution is -2.12. The molecular weight excluding hydrogens is 345 g/mol. The third-order valence-corrected chi connectivity index (χ3v) is 4.06. The molecule has 0 spiro atoms. The van der Waals surface area contributed by atoms with Crippen molar-refractivity contribution >= 4 is 51.0 Å². The van der Waals surface area contributed by atoms with Gasteiger partial charge < -0.3 is 9.47 Å². The van der Waals surface area contributed by atoms with E-state index in [4.69, 9.17) is 32.7 Å². The van der Waals surface area contributed by atoms with Gasteiger partial charge in [-0.2, -0.15) is 0 Å². The molecule has 0 rings (SSSR count). The van der Waals surface area contributed by atoms with Gasteiger partial charge in [0.25, 0.3) is 0 Å². The first kappa shape index (κ1) is 21.4. The predicted octanol–water partition coefficient (Wildman–Crippen LogP) is 4.30. The first-order valence-electron chi connectivity index (χ1n) is 6.67. The van der Waals surface area contributed by atoms with E-state index in [1.54, 1.807) is 28.2 Å². The molecule has 22 heavy (non-hydrogen) atoms. The van der Waals surface area contributed by atoms with Gasteiger partial charge in [0.05, 0.1) is 17.9 Å². The van der Waals surface area contributed by atoms with Crippen LogP contribution in [0, 0.1) is 0 Å². The third kappa shape index (κ3) is 7.63. The van der Waals surface area contributed by atoms with Gasteiger partial charge >= 0.3 is 0 Å². The Balaban J connectivity index is 5.27. The number of ether oxygens (including phenoxy) is 2. The third-order valence-electron chi connectivity index (χ3n) is 2.69. The maximum absolute atomic E-state index is 6.25. The summed E-state index contributed by atoms with van der Waals surface area (Å²) in [5, 5.41) is 1.49. The molecule has 0 aromatic carbocycles. The average Bonchev–Trinajstić information content (AvgIpc) is 2.53. The maximum Gasteiger partial charge on any atom is 0.185 e. The summed E-state index contributed by atoms with van der Waals surface area (Å²) in [5.74, 6) is 0.727. The maximum atomic E-state index is 6.25. The van der Waals surface area contributed by atoms with E-state index in [2.05, 4.69) is 15.0 Å². The molecule has 0 aliphatic heterocycles. The quantitative estimate of drug-likeness (QED) is 0.382. The number of halogens is 2. The molecule has 0 N–H and O–H groups in total. The van der Waals surface area contributed by atoms with Crippen molar-refractivity contribution in [1.82, 2.24) is 0 Å². The van der Waals surface area contributed by atoms with Crippen LogP contribution in [0.4, 0.5) is 0 Å². The lowest BCUT2D eigenvalue weighted by Gasteiger charge is -2.13. The van der Waals surface area contributed by atoms with Gasteiger partial charge in [0.2, 0.25) is 0 Å². The number of aliphatic imine (C=N–C) groups is 3. The lowest BCUT2D eigenvalue weighted by molar-refractivity contribution is 0.111. The van der Waals surface area contributed by atoms with E-state index in [1.165, 1.54) is 11.8 Å². The van der Waals surface area contributed by atoms with Crippen LogP contribution in [0.5, 0.6) is 0 Å². The molecule has 0 aromatic heterocycles. The molecular formula is C14H23Cl2N3O2S. The van der Waals surface area contributed by atoms with Crippen LogP contribution in [0.3, 0.4) is 0 Å². The van der Waals surface area contributed by atoms with Crippen LogP contribution in [0.25, 0.3) is 0 Å². The number of hydrogen-bond donors (Lipinski definition) is 0. The van der Waals surface area contributed by atoms with Gasteiger partial charge in [-0.25, -0.2) is 9.98 Å². The summed E-state index contributed by atoms with van der Waals surface area (Å²) in [6, 6.07) is 0. The minimum absolute atomic E-state index is 0.348. The number of rotatable bonds is 7. The molecule has 5 nitrogen and oxygen atoms in total. The minimum Gasteiger partial charge on any atom is -0.500 e. The number of nitrogens with zero attached hydrogens (tertiary/aromatic N) is 3. The highest BCUT2D eigenvalue weighted by molar-refractivity contribution is 8.13. The molecule has 0 saturated carbocycles. The molecule has 0 aromatic rings. The standard InChI is InChI=1S/C14H23Cl2N3O2S/c1-7-11(20-4)10(15)8-12(21-5)19-14(22-6)18-9(2)13(16)17-3/h12H,7-8H2,1-6H3/b11-10-,17-13?,18-9?,19-14?. The molecule has 8 heteroatoms. The highest BCUT2D eigenvalue weighted by atomic mass is 35.5. The van der Waals surface area contributed by atoms with E-state index in [0.29, 0.717) is 33.9 Å². The van der Waals surface area contributed by atoms with Crippen molar-refractivity contribution in [3.8, 4) is 0 Å². The van der Waals surface area contributed by atoms with Crippen molar-refractivity contribution in [2.24, 2.45) is 15.0 Å². The molecule has 0 fully saturated rings. The molecule has 1 atom stereocenters. The van der Waals surface area contributed by atoms with E-state index in [9.17, 15) is 0 Å². The van der Waals surface area contributed by atoms with Crippen molar-refractivity contribution in [2.75, 3.05) is 27.5 Å². The first-order valence-corrected chi connectivity index (χ1v) is 8.65. The summed E-state index contributed by atoms with van der Waals surface area (Å²) in [7, 11) is 4.78. The zero-order valence-electron chi connectivity index (χ0n) is 13.8. The second-order valence-corrected chi connectivity index (χ2v) is 5.70. The summed E-state index contributed by atoms with van der Waals surface area (Å²) in [6.45, 7) is 3.75. The monoisotopic (exact) mass is 367 g/mol. The average molecular weight is 368 g/mol. The van der Waals surface area contributed by atoms with Crippen molar-refractivity contribution in [3.63, 3.8) is 0 Å². The van der Waals surface area contributed by atoms with Crippen LogP contribution >= 0.6 is 35.0 Å². The zero-order valence-corrected chi connectivity index (χ0v) is 16.1. The summed E-state index contributed by atoms with van der Waals surface area (Å²) in [6.07, 6.45) is 2.57. The molecule has 0 saturated heterocycles. The van der Waals surface area contributed by atoms with Crippen molar-refractivity contribution in [1.29, 1.82) is 0 Å². The molecule has 0 heterocycles.